The third-order valence-corrected chi connectivity index (χ3v) is 4.03. The summed E-state index contributed by atoms with van der Waals surface area (Å²) < 4.78 is 5.04. The van der Waals surface area contributed by atoms with E-state index in [9.17, 15) is 4.79 Å². The number of carbonyl (C=O) groups is 1. The van der Waals surface area contributed by atoms with Gasteiger partial charge in [0.2, 0.25) is 5.13 Å². The Kier molecular flexibility index (Phi) is 4.45. The first-order valence-electron chi connectivity index (χ1n) is 6.42. The number of amides is 1. The van der Waals surface area contributed by atoms with Crippen LogP contribution in [-0.4, -0.2) is 33.2 Å². The maximum Gasteiger partial charge on any atom is 0.259 e. The first-order chi connectivity index (χ1) is 11.2. The molecule has 3 rings (SSSR count). The molecule has 0 fully saturated rings. The van der Waals surface area contributed by atoms with E-state index >= 15 is 0 Å². The summed E-state index contributed by atoms with van der Waals surface area (Å²) in [6.07, 6.45) is 4.70. The van der Waals surface area contributed by atoms with E-state index in [4.69, 9.17) is 16.3 Å². The van der Waals surface area contributed by atoms with Crippen molar-refractivity contribution in [2.75, 3.05) is 12.4 Å². The number of hydrogen-bond acceptors (Lipinski definition) is 7. The Morgan fingerprint density at radius 2 is 2.09 bits per heavy atom. The van der Waals surface area contributed by atoms with E-state index < -0.39 is 0 Å². The molecule has 0 saturated heterocycles. The number of rotatable bonds is 4. The van der Waals surface area contributed by atoms with Gasteiger partial charge in [0.05, 0.1) is 12.7 Å². The number of pyridine rings is 2. The lowest BCUT2D eigenvalue weighted by molar-refractivity contribution is 0.102. The predicted octanol–water partition coefficient (Wildman–Crippen LogP) is 2.91. The Morgan fingerprint density at radius 3 is 2.83 bits per heavy atom. The summed E-state index contributed by atoms with van der Waals surface area (Å²) in [5, 5.41) is 11.9. The van der Waals surface area contributed by atoms with Crippen LogP contribution in [-0.2, 0) is 0 Å². The molecule has 0 aliphatic carbocycles. The monoisotopic (exact) mass is 347 g/mol. The number of methoxy groups -OCH3 is 1. The van der Waals surface area contributed by atoms with Gasteiger partial charge in [0.15, 0.2) is 10.9 Å². The van der Waals surface area contributed by atoms with Crippen LogP contribution in [0.5, 0.6) is 5.75 Å². The highest BCUT2D eigenvalue weighted by Gasteiger charge is 2.13. The van der Waals surface area contributed by atoms with E-state index in [2.05, 4.69) is 25.5 Å². The van der Waals surface area contributed by atoms with Crippen molar-refractivity contribution in [1.29, 1.82) is 0 Å². The van der Waals surface area contributed by atoms with Crippen LogP contribution in [0.1, 0.15) is 10.4 Å². The standard InChI is InChI=1S/C14H10ClN5O2S/c1-22-10-6-9(7-17-11(10)15)12(21)18-14-20-19-13(23-14)8-2-4-16-5-3-8/h2-7H,1H3,(H,18,20,21). The molecule has 0 aliphatic rings. The highest BCUT2D eigenvalue weighted by molar-refractivity contribution is 7.18. The number of aromatic nitrogens is 4. The third-order valence-electron chi connectivity index (χ3n) is 2.86. The molecule has 9 heteroatoms. The lowest BCUT2D eigenvalue weighted by Crippen LogP contribution is -2.12. The van der Waals surface area contributed by atoms with Crippen molar-refractivity contribution in [3.63, 3.8) is 0 Å². The second-order valence-electron chi connectivity index (χ2n) is 4.32. The highest BCUT2D eigenvalue weighted by Crippen LogP contribution is 2.27. The molecule has 3 heterocycles. The Hall–Kier alpha value is -2.58. The zero-order valence-corrected chi connectivity index (χ0v) is 13.4. The molecule has 0 radical (unpaired) electrons. The number of ether oxygens (including phenoxy) is 1. The van der Waals surface area contributed by atoms with Gasteiger partial charge in [-0.3, -0.25) is 15.1 Å². The molecule has 3 aromatic heterocycles. The van der Waals surface area contributed by atoms with Gasteiger partial charge >= 0.3 is 0 Å². The first kappa shape index (κ1) is 15.3. The molecule has 23 heavy (non-hydrogen) atoms. The predicted molar refractivity (Wildman–Crippen MR) is 86.9 cm³/mol. The minimum Gasteiger partial charge on any atom is -0.493 e. The van der Waals surface area contributed by atoms with Crippen molar-refractivity contribution in [3.8, 4) is 16.3 Å². The van der Waals surface area contributed by atoms with E-state index in [1.54, 1.807) is 12.4 Å². The van der Waals surface area contributed by atoms with Crippen molar-refractivity contribution in [2.24, 2.45) is 0 Å². The Labute approximate surface area is 140 Å². The molecule has 0 aromatic carbocycles. The first-order valence-corrected chi connectivity index (χ1v) is 7.61. The molecular weight excluding hydrogens is 338 g/mol. The summed E-state index contributed by atoms with van der Waals surface area (Å²) in [6, 6.07) is 5.15. The fourth-order valence-electron chi connectivity index (χ4n) is 1.75. The van der Waals surface area contributed by atoms with Crippen LogP contribution in [0.4, 0.5) is 5.13 Å². The lowest BCUT2D eigenvalue weighted by atomic mass is 10.2. The highest BCUT2D eigenvalue weighted by atomic mass is 35.5. The Balaban J connectivity index is 1.77. The molecule has 7 nitrogen and oxygen atoms in total. The summed E-state index contributed by atoms with van der Waals surface area (Å²) in [7, 11) is 1.45. The molecule has 0 bridgehead atoms. The van der Waals surface area contributed by atoms with Crippen molar-refractivity contribution in [1.82, 2.24) is 20.2 Å². The summed E-state index contributed by atoms with van der Waals surface area (Å²) in [6.45, 7) is 0. The van der Waals surface area contributed by atoms with Gasteiger partial charge in [-0.15, -0.1) is 10.2 Å². The van der Waals surface area contributed by atoms with Crippen molar-refractivity contribution >= 4 is 34.0 Å². The van der Waals surface area contributed by atoms with Gasteiger partial charge < -0.3 is 4.74 Å². The molecule has 3 aromatic rings. The zero-order chi connectivity index (χ0) is 16.2. The molecule has 0 atom stereocenters. The summed E-state index contributed by atoms with van der Waals surface area (Å²) in [5.41, 5.74) is 1.19. The minimum absolute atomic E-state index is 0.194. The Morgan fingerprint density at radius 1 is 1.30 bits per heavy atom. The van der Waals surface area contributed by atoms with Crippen LogP contribution in [0.3, 0.4) is 0 Å². The summed E-state index contributed by atoms with van der Waals surface area (Å²) >= 11 is 7.10. The van der Waals surface area contributed by atoms with Crippen molar-refractivity contribution in [3.05, 3.63) is 47.5 Å². The topological polar surface area (TPSA) is 89.9 Å². The number of nitrogens with one attached hydrogen (secondary N) is 1. The Bertz CT molecular complexity index is 840. The normalized spacial score (nSPS) is 10.3. The van der Waals surface area contributed by atoms with Crippen LogP contribution in [0.15, 0.2) is 36.8 Å². The summed E-state index contributed by atoms with van der Waals surface area (Å²) in [4.78, 5) is 20.1. The lowest BCUT2D eigenvalue weighted by Gasteiger charge is -2.05. The van der Waals surface area contributed by atoms with E-state index in [0.717, 1.165) is 5.56 Å². The van der Waals surface area contributed by atoms with Gasteiger partial charge in [0.25, 0.3) is 5.91 Å². The smallest absolute Gasteiger partial charge is 0.259 e. The second-order valence-corrected chi connectivity index (χ2v) is 5.65. The van der Waals surface area contributed by atoms with E-state index in [1.165, 1.54) is 30.7 Å². The van der Waals surface area contributed by atoms with Crippen LogP contribution < -0.4 is 10.1 Å². The van der Waals surface area contributed by atoms with E-state index in [-0.39, 0.29) is 11.1 Å². The largest absolute Gasteiger partial charge is 0.493 e. The SMILES string of the molecule is COc1cc(C(=O)Nc2nnc(-c3ccncc3)s2)cnc1Cl. The zero-order valence-electron chi connectivity index (χ0n) is 11.9. The van der Waals surface area contributed by atoms with Crippen LogP contribution >= 0.6 is 22.9 Å². The van der Waals surface area contributed by atoms with E-state index in [1.807, 2.05) is 12.1 Å². The van der Waals surface area contributed by atoms with Crippen LogP contribution in [0.25, 0.3) is 10.6 Å². The number of halogens is 1. The van der Waals surface area contributed by atoms with Gasteiger partial charge in [0, 0.05) is 24.2 Å². The van der Waals surface area contributed by atoms with Crippen molar-refractivity contribution in [2.45, 2.75) is 0 Å². The number of carbonyl (C=O) groups excluding carboxylic acids is 1. The molecule has 0 unspecified atom stereocenters. The van der Waals surface area contributed by atoms with Gasteiger partial charge in [-0.2, -0.15) is 0 Å². The molecule has 0 spiro atoms. The third kappa shape index (κ3) is 3.43. The van der Waals surface area contributed by atoms with Crippen LogP contribution in [0, 0.1) is 0 Å². The van der Waals surface area contributed by atoms with Gasteiger partial charge in [-0.05, 0) is 18.2 Å². The molecular formula is C14H10ClN5O2S. The molecule has 1 N–H and O–H groups in total. The number of nitrogens with zero attached hydrogens (tertiary/aromatic N) is 4. The second kappa shape index (κ2) is 6.67. The quantitative estimate of drug-likeness (QED) is 0.730. The number of anilines is 1. The molecule has 116 valence electrons. The number of hydrogen-bond donors (Lipinski definition) is 1. The van der Waals surface area contributed by atoms with Gasteiger partial charge in [0.1, 0.15) is 5.01 Å². The summed E-state index contributed by atoms with van der Waals surface area (Å²) in [5.74, 6) is -0.0426. The average Bonchev–Trinajstić information content (AvgIpc) is 3.04. The molecule has 0 saturated carbocycles. The molecule has 0 aliphatic heterocycles. The fraction of sp³-hybridized carbons (Fsp3) is 0.0714. The minimum atomic E-state index is -0.370. The van der Waals surface area contributed by atoms with Gasteiger partial charge in [-0.25, -0.2) is 4.98 Å². The average molecular weight is 348 g/mol. The molecule has 1 amide bonds. The maximum absolute atomic E-state index is 12.2. The van der Waals surface area contributed by atoms with E-state index in [0.29, 0.717) is 21.5 Å². The van der Waals surface area contributed by atoms with Crippen LogP contribution in [0.2, 0.25) is 5.15 Å². The maximum atomic E-state index is 12.2. The van der Waals surface area contributed by atoms with Gasteiger partial charge in [-0.1, -0.05) is 22.9 Å². The fourth-order valence-corrected chi connectivity index (χ4v) is 2.67. The van der Waals surface area contributed by atoms with Crippen molar-refractivity contribution < 1.29 is 9.53 Å².